The minimum Gasteiger partial charge on any atom is -0.387 e. The Balaban J connectivity index is 1.60. The maximum Gasteiger partial charge on any atom is 0.0964 e. The van der Waals surface area contributed by atoms with Crippen LogP contribution in [0.15, 0.2) is 60.7 Å². The van der Waals surface area contributed by atoms with Gasteiger partial charge in [-0.3, -0.25) is 4.90 Å². The van der Waals surface area contributed by atoms with Gasteiger partial charge in [0.05, 0.1) is 18.2 Å². The summed E-state index contributed by atoms with van der Waals surface area (Å²) in [6.07, 6.45) is 6.19. The summed E-state index contributed by atoms with van der Waals surface area (Å²) in [6, 6.07) is 22.1. The predicted molar refractivity (Wildman–Crippen MR) is 93.1 cm³/mol. The number of hydrogen-bond donors (Lipinski definition) is 1. The lowest BCUT2D eigenvalue weighted by molar-refractivity contribution is 0.142. The van der Waals surface area contributed by atoms with E-state index in [1.165, 1.54) is 37.7 Å². The molecule has 0 spiro atoms. The molecular formula is C21H25NO. The molecule has 23 heavy (non-hydrogen) atoms. The van der Waals surface area contributed by atoms with Gasteiger partial charge in [-0.1, -0.05) is 79.9 Å². The van der Waals surface area contributed by atoms with E-state index < -0.39 is 6.10 Å². The second-order valence-corrected chi connectivity index (χ2v) is 6.94. The van der Waals surface area contributed by atoms with E-state index in [1.807, 2.05) is 30.3 Å². The Labute approximate surface area is 138 Å². The quantitative estimate of drug-likeness (QED) is 0.842. The van der Waals surface area contributed by atoms with Gasteiger partial charge in [-0.25, -0.2) is 0 Å². The van der Waals surface area contributed by atoms with Crippen molar-refractivity contribution >= 4 is 0 Å². The van der Waals surface area contributed by atoms with Crippen molar-refractivity contribution in [1.29, 1.82) is 0 Å². The normalized spacial score (nSPS) is 29.2. The van der Waals surface area contributed by atoms with E-state index in [2.05, 4.69) is 35.2 Å². The highest BCUT2D eigenvalue weighted by atomic mass is 16.3. The second-order valence-electron chi connectivity index (χ2n) is 6.94. The van der Waals surface area contributed by atoms with Gasteiger partial charge < -0.3 is 5.11 Å². The lowest BCUT2D eigenvalue weighted by Gasteiger charge is -2.25. The van der Waals surface area contributed by atoms with Crippen molar-refractivity contribution < 1.29 is 5.11 Å². The van der Waals surface area contributed by atoms with Crippen LogP contribution in [0.2, 0.25) is 0 Å². The Bertz CT molecular complexity index is 621. The number of nitrogens with zero attached hydrogens (tertiary/aromatic N) is 1. The molecular weight excluding hydrogens is 282 g/mol. The summed E-state index contributed by atoms with van der Waals surface area (Å²) >= 11 is 0. The number of aliphatic hydroxyl groups excluding tert-OH is 1. The Morgan fingerprint density at radius 1 is 0.826 bits per heavy atom. The summed E-state index contributed by atoms with van der Waals surface area (Å²) in [4.78, 5) is 2.58. The van der Waals surface area contributed by atoms with Crippen LogP contribution in [0.5, 0.6) is 0 Å². The molecule has 2 aromatic carbocycles. The molecule has 1 saturated heterocycles. The van der Waals surface area contributed by atoms with Crippen LogP contribution in [0.3, 0.4) is 0 Å². The van der Waals surface area contributed by atoms with E-state index in [1.54, 1.807) is 0 Å². The van der Waals surface area contributed by atoms with Crippen LogP contribution in [0.1, 0.15) is 55.4 Å². The lowest BCUT2D eigenvalue weighted by atomic mass is 9.95. The standard InChI is InChI=1S/C21H25NO/c23-21(17-12-6-2-7-13-17)20-19(16-10-4-1-5-11-16)22(20)18-14-8-3-9-15-18/h1-2,4-7,10-13,18-21,23H,3,8-9,14-15H2/t19-,20-,21+,22?/m0/s1. The molecule has 1 aliphatic carbocycles. The summed E-state index contributed by atoms with van der Waals surface area (Å²) in [5.74, 6) is 0. The summed E-state index contributed by atoms with van der Waals surface area (Å²) in [5.41, 5.74) is 2.38. The molecule has 2 fully saturated rings. The lowest BCUT2D eigenvalue weighted by Crippen LogP contribution is -2.25. The first-order valence-corrected chi connectivity index (χ1v) is 8.91. The minimum absolute atomic E-state index is 0.225. The molecule has 1 N–H and O–H groups in total. The van der Waals surface area contributed by atoms with Gasteiger partial charge >= 0.3 is 0 Å². The number of benzene rings is 2. The van der Waals surface area contributed by atoms with Crippen molar-refractivity contribution in [3.05, 3.63) is 71.8 Å². The van der Waals surface area contributed by atoms with Crippen molar-refractivity contribution in [3.63, 3.8) is 0 Å². The first kappa shape index (κ1) is 14.9. The maximum absolute atomic E-state index is 11.0. The maximum atomic E-state index is 11.0. The molecule has 0 aromatic heterocycles. The van der Waals surface area contributed by atoms with Crippen molar-refractivity contribution in [2.45, 2.75) is 56.3 Å². The summed E-state index contributed by atoms with van der Waals surface area (Å²) in [6.45, 7) is 0. The molecule has 1 heterocycles. The molecule has 2 heteroatoms. The first-order valence-electron chi connectivity index (χ1n) is 8.91. The molecule has 4 atom stereocenters. The van der Waals surface area contributed by atoms with Gasteiger partial charge in [0, 0.05) is 6.04 Å². The van der Waals surface area contributed by atoms with Crippen LogP contribution in [-0.4, -0.2) is 22.1 Å². The van der Waals surface area contributed by atoms with Gasteiger partial charge in [-0.2, -0.15) is 0 Å². The van der Waals surface area contributed by atoms with E-state index in [4.69, 9.17) is 0 Å². The van der Waals surface area contributed by atoms with E-state index in [9.17, 15) is 5.11 Å². The largest absolute Gasteiger partial charge is 0.387 e. The molecule has 1 saturated carbocycles. The van der Waals surface area contributed by atoms with E-state index in [0.717, 1.165) is 5.56 Å². The van der Waals surface area contributed by atoms with Gasteiger partial charge in [0.2, 0.25) is 0 Å². The number of rotatable bonds is 4. The molecule has 0 bridgehead atoms. The van der Waals surface area contributed by atoms with Crippen LogP contribution in [0, 0.1) is 0 Å². The average molecular weight is 307 g/mol. The van der Waals surface area contributed by atoms with Crippen LogP contribution < -0.4 is 0 Å². The molecule has 0 amide bonds. The third kappa shape index (κ3) is 2.93. The molecule has 0 radical (unpaired) electrons. The summed E-state index contributed by atoms with van der Waals surface area (Å²) < 4.78 is 0. The molecule has 2 aromatic rings. The third-order valence-corrected chi connectivity index (χ3v) is 5.50. The Morgan fingerprint density at radius 2 is 1.43 bits per heavy atom. The fraction of sp³-hybridized carbons (Fsp3) is 0.429. The van der Waals surface area contributed by atoms with Crippen LogP contribution in [-0.2, 0) is 0 Å². The van der Waals surface area contributed by atoms with E-state index in [0.29, 0.717) is 12.1 Å². The molecule has 1 unspecified atom stereocenters. The van der Waals surface area contributed by atoms with Crippen molar-refractivity contribution in [3.8, 4) is 0 Å². The molecule has 120 valence electrons. The van der Waals surface area contributed by atoms with E-state index in [-0.39, 0.29) is 6.04 Å². The van der Waals surface area contributed by atoms with Crippen molar-refractivity contribution in [1.82, 2.24) is 4.90 Å². The number of aliphatic hydroxyl groups is 1. The van der Waals surface area contributed by atoms with Gasteiger partial charge in [-0.05, 0) is 24.0 Å². The Hall–Kier alpha value is -1.64. The van der Waals surface area contributed by atoms with Crippen LogP contribution in [0.4, 0.5) is 0 Å². The Morgan fingerprint density at radius 3 is 2.09 bits per heavy atom. The van der Waals surface area contributed by atoms with Gasteiger partial charge in [-0.15, -0.1) is 0 Å². The molecule has 2 aliphatic rings. The zero-order chi connectivity index (χ0) is 15.6. The van der Waals surface area contributed by atoms with Crippen molar-refractivity contribution in [2.75, 3.05) is 0 Å². The van der Waals surface area contributed by atoms with Crippen LogP contribution in [0.25, 0.3) is 0 Å². The monoisotopic (exact) mass is 307 g/mol. The third-order valence-electron chi connectivity index (χ3n) is 5.50. The summed E-state index contributed by atoms with van der Waals surface area (Å²) in [5, 5.41) is 11.0. The van der Waals surface area contributed by atoms with Gasteiger partial charge in [0.25, 0.3) is 0 Å². The zero-order valence-corrected chi connectivity index (χ0v) is 13.5. The SMILES string of the molecule is O[C@H](c1ccccc1)[C@@H]1[C@H](c2ccccc2)N1C1CCCCC1. The average Bonchev–Trinajstić information content (AvgIpc) is 3.39. The zero-order valence-electron chi connectivity index (χ0n) is 13.5. The Kier molecular flexibility index (Phi) is 4.19. The fourth-order valence-electron chi connectivity index (χ4n) is 4.32. The molecule has 2 nitrogen and oxygen atoms in total. The van der Waals surface area contributed by atoms with Crippen LogP contribution >= 0.6 is 0 Å². The first-order chi connectivity index (χ1) is 11.4. The second kappa shape index (κ2) is 6.46. The highest BCUT2D eigenvalue weighted by Gasteiger charge is 2.55. The molecule has 1 aliphatic heterocycles. The molecule has 4 rings (SSSR count). The topological polar surface area (TPSA) is 23.2 Å². The number of hydrogen-bond acceptors (Lipinski definition) is 2. The predicted octanol–water partition coefficient (Wildman–Crippen LogP) is 4.48. The summed E-state index contributed by atoms with van der Waals surface area (Å²) in [7, 11) is 0. The highest BCUT2D eigenvalue weighted by molar-refractivity contribution is 5.32. The smallest absolute Gasteiger partial charge is 0.0964 e. The minimum atomic E-state index is -0.400. The van der Waals surface area contributed by atoms with Crippen molar-refractivity contribution in [2.24, 2.45) is 0 Å². The van der Waals surface area contributed by atoms with E-state index >= 15 is 0 Å². The highest BCUT2D eigenvalue weighted by Crippen LogP contribution is 2.52. The van der Waals surface area contributed by atoms with Gasteiger partial charge in [0.1, 0.15) is 0 Å². The van der Waals surface area contributed by atoms with Gasteiger partial charge in [0.15, 0.2) is 0 Å². The fourth-order valence-corrected chi connectivity index (χ4v) is 4.32.